The van der Waals surface area contributed by atoms with Gasteiger partial charge in [0.25, 0.3) is 11.8 Å². The number of nitrogens with zero attached hydrogens (tertiary/aromatic N) is 2. The average Bonchev–Trinajstić information content (AvgIpc) is 3.26. The summed E-state index contributed by atoms with van der Waals surface area (Å²) >= 11 is 0. The van der Waals surface area contributed by atoms with E-state index < -0.39 is 30.0 Å². The molecule has 0 bridgehead atoms. The second-order valence-corrected chi connectivity index (χ2v) is 9.18. The van der Waals surface area contributed by atoms with E-state index in [9.17, 15) is 18.8 Å². The Balaban J connectivity index is 1.40. The molecule has 0 saturated carbocycles. The molecule has 39 heavy (non-hydrogen) atoms. The first kappa shape index (κ1) is 25.6. The van der Waals surface area contributed by atoms with Crippen LogP contribution >= 0.6 is 0 Å². The van der Waals surface area contributed by atoms with Crippen LogP contribution in [0, 0.1) is 12.7 Å². The summed E-state index contributed by atoms with van der Waals surface area (Å²) in [6.07, 6.45) is 1.51. The van der Waals surface area contributed by atoms with E-state index in [1.165, 1.54) is 35.4 Å². The Kier molecular flexibility index (Phi) is 7.31. The number of anilines is 2. The molecule has 0 spiro atoms. The highest BCUT2D eigenvalue weighted by molar-refractivity contribution is 6.04. The number of hydrogen-bond donors (Lipinski definition) is 2. The van der Waals surface area contributed by atoms with Crippen molar-refractivity contribution >= 4 is 29.3 Å². The van der Waals surface area contributed by atoms with Gasteiger partial charge in [0.2, 0.25) is 0 Å². The number of carbonyl (C=O) groups is 3. The van der Waals surface area contributed by atoms with E-state index in [0.717, 1.165) is 11.1 Å². The molecule has 3 amide bonds. The largest absolute Gasteiger partial charge is 0.438 e. The number of hydrogen-bond acceptors (Lipinski definition) is 5. The SMILES string of the molecule is Cc1cccc(CN2C(=O)OC(c3ccc(NC(=O)c4cccnc4)cc3)C2C(=O)Nc2ccc(F)cc2)c1. The summed E-state index contributed by atoms with van der Waals surface area (Å²) < 4.78 is 19.1. The fourth-order valence-electron chi connectivity index (χ4n) is 4.42. The van der Waals surface area contributed by atoms with E-state index in [0.29, 0.717) is 22.5 Å². The number of pyridine rings is 1. The van der Waals surface area contributed by atoms with E-state index in [1.807, 2.05) is 31.2 Å². The van der Waals surface area contributed by atoms with Gasteiger partial charge in [-0.25, -0.2) is 9.18 Å². The molecule has 5 rings (SSSR count). The standard InChI is InChI=1S/C30H25FN4O4/c1-19-4-2-5-20(16-19)18-35-26(29(37)34-25-13-9-23(31)10-14-25)27(39-30(35)38)21-7-11-24(12-8-21)33-28(36)22-6-3-15-32-17-22/h2-17,26-27H,18H2,1H3,(H,33,36)(H,34,37). The highest BCUT2D eigenvalue weighted by Gasteiger charge is 2.47. The molecule has 0 radical (unpaired) electrons. The van der Waals surface area contributed by atoms with Crippen molar-refractivity contribution in [3.8, 4) is 0 Å². The van der Waals surface area contributed by atoms with Gasteiger partial charge in [-0.05, 0) is 66.6 Å². The van der Waals surface area contributed by atoms with Crippen LogP contribution < -0.4 is 10.6 Å². The van der Waals surface area contributed by atoms with Crippen LogP contribution in [0.1, 0.15) is 33.2 Å². The van der Waals surface area contributed by atoms with Crippen LogP contribution in [0.15, 0.2) is 97.3 Å². The quantitative estimate of drug-likeness (QED) is 0.333. The fourth-order valence-corrected chi connectivity index (χ4v) is 4.42. The molecule has 2 heterocycles. The van der Waals surface area contributed by atoms with Gasteiger partial charge < -0.3 is 15.4 Å². The Morgan fingerprint density at radius 3 is 2.36 bits per heavy atom. The van der Waals surface area contributed by atoms with Crippen LogP contribution in [-0.4, -0.2) is 33.8 Å². The third-order valence-corrected chi connectivity index (χ3v) is 6.32. The minimum Gasteiger partial charge on any atom is -0.438 e. The molecule has 4 aromatic rings. The molecular weight excluding hydrogens is 499 g/mol. The lowest BCUT2D eigenvalue weighted by atomic mass is 10.00. The zero-order chi connectivity index (χ0) is 27.4. The minimum atomic E-state index is -1.00. The Morgan fingerprint density at radius 1 is 0.949 bits per heavy atom. The molecule has 1 aliphatic rings. The Labute approximate surface area is 224 Å². The summed E-state index contributed by atoms with van der Waals surface area (Å²) in [7, 11) is 0. The Morgan fingerprint density at radius 2 is 1.67 bits per heavy atom. The van der Waals surface area contributed by atoms with Crippen LogP contribution in [0.3, 0.4) is 0 Å². The van der Waals surface area contributed by atoms with Crippen LogP contribution in [0.25, 0.3) is 0 Å². The molecule has 2 unspecified atom stereocenters. The maximum atomic E-state index is 13.5. The van der Waals surface area contributed by atoms with Crippen molar-refractivity contribution in [3.63, 3.8) is 0 Å². The molecule has 2 N–H and O–H groups in total. The molecule has 1 saturated heterocycles. The van der Waals surface area contributed by atoms with Crippen LogP contribution in [0.5, 0.6) is 0 Å². The van der Waals surface area contributed by atoms with Gasteiger partial charge in [0, 0.05) is 23.8 Å². The number of benzene rings is 3. The van der Waals surface area contributed by atoms with Gasteiger partial charge in [-0.1, -0.05) is 42.0 Å². The Hall–Kier alpha value is -5.05. The van der Waals surface area contributed by atoms with Gasteiger partial charge in [-0.3, -0.25) is 19.5 Å². The first-order valence-electron chi connectivity index (χ1n) is 12.3. The van der Waals surface area contributed by atoms with E-state index in [4.69, 9.17) is 4.74 Å². The number of rotatable bonds is 7. The Bertz CT molecular complexity index is 1490. The van der Waals surface area contributed by atoms with Gasteiger partial charge >= 0.3 is 6.09 Å². The predicted molar refractivity (Wildman–Crippen MR) is 143 cm³/mol. The maximum Gasteiger partial charge on any atom is 0.411 e. The fraction of sp³-hybridized carbons (Fsp3) is 0.133. The summed E-state index contributed by atoms with van der Waals surface area (Å²) in [5, 5.41) is 5.57. The monoisotopic (exact) mass is 524 g/mol. The highest BCUT2D eigenvalue weighted by Crippen LogP contribution is 2.35. The smallest absolute Gasteiger partial charge is 0.411 e. The van der Waals surface area contributed by atoms with Crippen LogP contribution in [0.2, 0.25) is 0 Å². The molecule has 9 heteroatoms. The van der Waals surface area contributed by atoms with E-state index in [-0.39, 0.29) is 12.5 Å². The van der Waals surface area contributed by atoms with Gasteiger partial charge in [-0.2, -0.15) is 0 Å². The maximum absolute atomic E-state index is 13.5. The molecule has 1 fully saturated rings. The molecule has 8 nitrogen and oxygen atoms in total. The van der Waals surface area contributed by atoms with E-state index in [2.05, 4.69) is 15.6 Å². The summed E-state index contributed by atoms with van der Waals surface area (Å²) in [4.78, 5) is 44.4. The van der Waals surface area contributed by atoms with Crippen molar-refractivity contribution in [2.45, 2.75) is 25.6 Å². The third-order valence-electron chi connectivity index (χ3n) is 6.32. The van der Waals surface area contributed by atoms with Crippen molar-refractivity contribution in [2.75, 3.05) is 10.6 Å². The molecular formula is C30H25FN4O4. The zero-order valence-electron chi connectivity index (χ0n) is 21.0. The normalized spacial score (nSPS) is 16.5. The third kappa shape index (κ3) is 5.93. The lowest BCUT2D eigenvalue weighted by Gasteiger charge is -2.24. The molecule has 3 aromatic carbocycles. The number of aromatic nitrogens is 1. The van der Waals surface area contributed by atoms with Crippen molar-refractivity contribution in [3.05, 3.63) is 125 Å². The molecule has 0 aliphatic carbocycles. The average molecular weight is 525 g/mol. The van der Waals surface area contributed by atoms with E-state index >= 15 is 0 Å². The first-order chi connectivity index (χ1) is 18.9. The number of amides is 3. The van der Waals surface area contributed by atoms with Crippen molar-refractivity contribution in [1.29, 1.82) is 0 Å². The first-order valence-corrected chi connectivity index (χ1v) is 12.3. The molecule has 1 aromatic heterocycles. The zero-order valence-corrected chi connectivity index (χ0v) is 21.0. The van der Waals surface area contributed by atoms with Crippen molar-refractivity contribution < 1.29 is 23.5 Å². The molecule has 2 atom stereocenters. The van der Waals surface area contributed by atoms with Crippen LogP contribution in [-0.2, 0) is 16.1 Å². The van der Waals surface area contributed by atoms with E-state index in [1.54, 1.807) is 42.6 Å². The lowest BCUT2D eigenvalue weighted by Crippen LogP contribution is -2.43. The number of ether oxygens (including phenoxy) is 1. The summed E-state index contributed by atoms with van der Waals surface area (Å²) in [6, 6.07) is 22.1. The minimum absolute atomic E-state index is 0.164. The highest BCUT2D eigenvalue weighted by atomic mass is 19.1. The summed E-state index contributed by atoms with van der Waals surface area (Å²) in [5.74, 6) is -1.22. The topological polar surface area (TPSA) is 101 Å². The van der Waals surface area contributed by atoms with Gasteiger partial charge in [0.05, 0.1) is 12.1 Å². The second kappa shape index (κ2) is 11.1. The number of halogens is 1. The van der Waals surface area contributed by atoms with Crippen molar-refractivity contribution in [1.82, 2.24) is 9.88 Å². The predicted octanol–water partition coefficient (Wildman–Crippen LogP) is 5.48. The van der Waals surface area contributed by atoms with Crippen LogP contribution in [0.4, 0.5) is 20.6 Å². The van der Waals surface area contributed by atoms with Gasteiger partial charge in [-0.15, -0.1) is 0 Å². The summed E-state index contributed by atoms with van der Waals surface area (Å²) in [6.45, 7) is 2.11. The number of nitrogens with one attached hydrogen (secondary N) is 2. The number of cyclic esters (lactones) is 1. The van der Waals surface area contributed by atoms with Crippen molar-refractivity contribution in [2.24, 2.45) is 0 Å². The molecule has 1 aliphatic heterocycles. The number of carbonyl (C=O) groups excluding carboxylic acids is 3. The lowest BCUT2D eigenvalue weighted by molar-refractivity contribution is -0.121. The van der Waals surface area contributed by atoms with Gasteiger partial charge in [0.1, 0.15) is 5.82 Å². The number of aryl methyl sites for hydroxylation is 1. The molecule has 196 valence electrons. The summed E-state index contributed by atoms with van der Waals surface area (Å²) in [5.41, 5.74) is 3.78. The van der Waals surface area contributed by atoms with Gasteiger partial charge in [0.15, 0.2) is 12.1 Å². The second-order valence-electron chi connectivity index (χ2n) is 9.18.